The van der Waals surface area contributed by atoms with Crippen molar-refractivity contribution in [2.24, 2.45) is 0 Å². The first-order chi connectivity index (χ1) is 11.6. The minimum absolute atomic E-state index is 0.0646. The van der Waals surface area contributed by atoms with Crippen molar-refractivity contribution >= 4 is 17.7 Å². The molecule has 5 heteroatoms. The molecule has 120 valence electrons. The highest BCUT2D eigenvalue weighted by Crippen LogP contribution is 2.28. The second-order valence-electron chi connectivity index (χ2n) is 5.13. The molecule has 0 atom stereocenters. The molecule has 2 aromatic carbocycles. The van der Waals surface area contributed by atoms with Gasteiger partial charge in [0.25, 0.3) is 0 Å². The molecule has 24 heavy (non-hydrogen) atoms. The molecule has 0 aliphatic rings. The van der Waals surface area contributed by atoms with Crippen LogP contribution in [0, 0.1) is 12.7 Å². The van der Waals surface area contributed by atoms with Gasteiger partial charge >= 0.3 is 5.97 Å². The monoisotopic (exact) mass is 339 g/mol. The first-order valence-electron chi connectivity index (χ1n) is 7.28. The van der Waals surface area contributed by atoms with Crippen LogP contribution in [0.5, 0.6) is 5.75 Å². The summed E-state index contributed by atoms with van der Waals surface area (Å²) >= 11 is 1.58. The van der Waals surface area contributed by atoms with Crippen LogP contribution in [0.25, 0.3) is 0 Å². The van der Waals surface area contributed by atoms with Crippen LogP contribution in [0.3, 0.4) is 0 Å². The van der Waals surface area contributed by atoms with E-state index in [0.29, 0.717) is 5.75 Å². The number of ether oxygens (including phenoxy) is 1. The Morgan fingerprint density at radius 1 is 1.00 bits per heavy atom. The van der Waals surface area contributed by atoms with Crippen LogP contribution in [-0.4, -0.2) is 11.0 Å². The normalized spacial score (nSPS) is 10.4. The van der Waals surface area contributed by atoms with Crippen LogP contribution in [0.2, 0.25) is 0 Å². The second kappa shape index (κ2) is 7.27. The molecule has 0 amide bonds. The van der Waals surface area contributed by atoms with Crippen LogP contribution in [-0.2, 0) is 0 Å². The number of benzene rings is 2. The SMILES string of the molecule is Cc1ccc(F)c(C(=O)Oc2ccc(Sc3ccncc3)cc2)c1. The lowest BCUT2D eigenvalue weighted by atomic mass is 10.1. The number of aromatic nitrogens is 1. The third kappa shape index (κ3) is 4.00. The van der Waals surface area contributed by atoms with Gasteiger partial charge in [-0.25, -0.2) is 9.18 Å². The smallest absolute Gasteiger partial charge is 0.346 e. The molecular formula is C19H14FNO2S. The number of esters is 1. The molecular weight excluding hydrogens is 325 g/mol. The standard InChI is InChI=1S/C19H14FNO2S/c1-13-2-7-18(20)17(12-13)19(22)23-14-3-5-15(6-4-14)24-16-8-10-21-11-9-16/h2-12H,1H3. The van der Waals surface area contributed by atoms with Gasteiger partial charge in [0, 0.05) is 22.2 Å². The Kier molecular flexibility index (Phi) is 4.91. The van der Waals surface area contributed by atoms with E-state index >= 15 is 0 Å². The van der Waals surface area contributed by atoms with E-state index in [1.807, 2.05) is 24.3 Å². The highest BCUT2D eigenvalue weighted by atomic mass is 32.2. The van der Waals surface area contributed by atoms with Crippen LogP contribution in [0.4, 0.5) is 4.39 Å². The highest BCUT2D eigenvalue weighted by molar-refractivity contribution is 7.99. The van der Waals surface area contributed by atoms with Gasteiger partial charge in [0.15, 0.2) is 0 Å². The van der Waals surface area contributed by atoms with Crippen LogP contribution < -0.4 is 4.74 Å². The zero-order chi connectivity index (χ0) is 16.9. The van der Waals surface area contributed by atoms with Crippen molar-refractivity contribution < 1.29 is 13.9 Å². The topological polar surface area (TPSA) is 39.2 Å². The predicted octanol–water partition coefficient (Wildman–Crippen LogP) is 4.90. The zero-order valence-corrected chi connectivity index (χ0v) is 13.7. The maximum absolute atomic E-state index is 13.7. The van der Waals surface area contributed by atoms with Gasteiger partial charge in [0.1, 0.15) is 11.6 Å². The van der Waals surface area contributed by atoms with E-state index in [1.165, 1.54) is 12.1 Å². The average Bonchev–Trinajstić information content (AvgIpc) is 2.59. The Hall–Kier alpha value is -2.66. The average molecular weight is 339 g/mol. The first-order valence-corrected chi connectivity index (χ1v) is 8.10. The van der Waals surface area contributed by atoms with Crippen molar-refractivity contribution in [1.29, 1.82) is 0 Å². The summed E-state index contributed by atoms with van der Waals surface area (Å²) < 4.78 is 19.0. The van der Waals surface area contributed by atoms with E-state index in [9.17, 15) is 9.18 Å². The molecule has 0 N–H and O–H groups in total. The summed E-state index contributed by atoms with van der Waals surface area (Å²) in [5.41, 5.74) is 0.734. The molecule has 0 saturated carbocycles. The summed E-state index contributed by atoms with van der Waals surface area (Å²) in [5, 5.41) is 0. The Labute approximate surface area is 143 Å². The minimum Gasteiger partial charge on any atom is -0.423 e. The lowest BCUT2D eigenvalue weighted by Gasteiger charge is -2.07. The van der Waals surface area contributed by atoms with E-state index in [-0.39, 0.29) is 5.56 Å². The molecule has 0 radical (unpaired) electrons. The van der Waals surface area contributed by atoms with Crippen LogP contribution in [0.15, 0.2) is 76.8 Å². The molecule has 3 rings (SSSR count). The fourth-order valence-electron chi connectivity index (χ4n) is 2.08. The summed E-state index contributed by atoms with van der Waals surface area (Å²) in [6, 6.07) is 15.3. The molecule has 0 saturated heterocycles. The van der Waals surface area contributed by atoms with Crippen molar-refractivity contribution in [3.63, 3.8) is 0 Å². The van der Waals surface area contributed by atoms with E-state index in [1.54, 1.807) is 49.3 Å². The number of hydrogen-bond donors (Lipinski definition) is 0. The Balaban J connectivity index is 1.70. The number of aryl methyl sites for hydroxylation is 1. The molecule has 0 fully saturated rings. The zero-order valence-electron chi connectivity index (χ0n) is 12.9. The number of halogens is 1. The van der Waals surface area contributed by atoms with E-state index < -0.39 is 11.8 Å². The lowest BCUT2D eigenvalue weighted by molar-refractivity contribution is 0.0729. The number of hydrogen-bond acceptors (Lipinski definition) is 4. The van der Waals surface area contributed by atoms with Crippen molar-refractivity contribution in [3.05, 3.63) is 83.9 Å². The van der Waals surface area contributed by atoms with Gasteiger partial charge in [0.2, 0.25) is 0 Å². The molecule has 0 aliphatic carbocycles. The summed E-state index contributed by atoms with van der Waals surface area (Å²) in [7, 11) is 0. The molecule has 0 spiro atoms. The van der Waals surface area contributed by atoms with E-state index in [4.69, 9.17) is 4.74 Å². The van der Waals surface area contributed by atoms with Crippen molar-refractivity contribution in [2.75, 3.05) is 0 Å². The number of rotatable bonds is 4. The van der Waals surface area contributed by atoms with E-state index in [2.05, 4.69) is 4.98 Å². The van der Waals surface area contributed by atoms with Gasteiger partial charge in [-0.15, -0.1) is 0 Å². The largest absolute Gasteiger partial charge is 0.423 e. The van der Waals surface area contributed by atoms with Crippen LogP contribution in [0.1, 0.15) is 15.9 Å². The van der Waals surface area contributed by atoms with E-state index in [0.717, 1.165) is 15.4 Å². The van der Waals surface area contributed by atoms with Gasteiger partial charge in [-0.1, -0.05) is 23.4 Å². The van der Waals surface area contributed by atoms with Crippen molar-refractivity contribution in [2.45, 2.75) is 16.7 Å². The van der Waals surface area contributed by atoms with Crippen molar-refractivity contribution in [3.8, 4) is 5.75 Å². The third-order valence-corrected chi connectivity index (χ3v) is 4.28. The lowest BCUT2D eigenvalue weighted by Crippen LogP contribution is -2.10. The molecule has 0 aliphatic heterocycles. The van der Waals surface area contributed by atoms with Gasteiger partial charge in [-0.2, -0.15) is 0 Å². The maximum Gasteiger partial charge on any atom is 0.346 e. The summed E-state index contributed by atoms with van der Waals surface area (Å²) in [4.78, 5) is 18.1. The Bertz CT molecular complexity index is 851. The fraction of sp³-hybridized carbons (Fsp3) is 0.0526. The number of carbonyl (C=O) groups excluding carboxylic acids is 1. The second-order valence-corrected chi connectivity index (χ2v) is 6.28. The quantitative estimate of drug-likeness (QED) is 0.501. The number of nitrogens with zero attached hydrogens (tertiary/aromatic N) is 1. The third-order valence-electron chi connectivity index (χ3n) is 3.26. The number of pyridine rings is 1. The molecule has 3 aromatic rings. The first kappa shape index (κ1) is 16.2. The molecule has 1 heterocycles. The maximum atomic E-state index is 13.7. The van der Waals surface area contributed by atoms with Gasteiger partial charge in [-0.3, -0.25) is 4.98 Å². The van der Waals surface area contributed by atoms with Crippen molar-refractivity contribution in [1.82, 2.24) is 4.98 Å². The van der Waals surface area contributed by atoms with Gasteiger partial charge in [-0.05, 0) is 55.5 Å². The van der Waals surface area contributed by atoms with Crippen LogP contribution >= 0.6 is 11.8 Å². The molecule has 0 unspecified atom stereocenters. The molecule has 1 aromatic heterocycles. The Morgan fingerprint density at radius 2 is 1.67 bits per heavy atom. The summed E-state index contributed by atoms with van der Waals surface area (Å²) in [6.45, 7) is 1.79. The van der Waals surface area contributed by atoms with Gasteiger partial charge in [0.05, 0.1) is 5.56 Å². The summed E-state index contributed by atoms with van der Waals surface area (Å²) in [5.74, 6) is -0.916. The minimum atomic E-state index is -0.703. The summed E-state index contributed by atoms with van der Waals surface area (Å²) in [6.07, 6.45) is 3.46. The van der Waals surface area contributed by atoms with Gasteiger partial charge < -0.3 is 4.74 Å². The fourth-order valence-corrected chi connectivity index (χ4v) is 2.88. The Morgan fingerprint density at radius 3 is 2.38 bits per heavy atom. The molecule has 3 nitrogen and oxygen atoms in total. The molecule has 0 bridgehead atoms. The predicted molar refractivity (Wildman–Crippen MR) is 90.9 cm³/mol. The highest BCUT2D eigenvalue weighted by Gasteiger charge is 2.14. The number of carbonyl (C=O) groups is 1.